The van der Waals surface area contributed by atoms with Crippen LogP contribution in [-0.2, 0) is 19.1 Å². The van der Waals surface area contributed by atoms with E-state index in [1.807, 2.05) is 42.5 Å². The Hall–Kier alpha value is -3.28. The van der Waals surface area contributed by atoms with E-state index >= 15 is 0 Å². The zero-order valence-electron chi connectivity index (χ0n) is 17.7. The predicted octanol–water partition coefficient (Wildman–Crippen LogP) is 3.50. The van der Waals surface area contributed by atoms with Gasteiger partial charge in [0.1, 0.15) is 0 Å². The lowest BCUT2D eigenvalue weighted by atomic mass is 9.81. The van der Waals surface area contributed by atoms with E-state index in [0.29, 0.717) is 17.4 Å². The molecule has 32 heavy (non-hydrogen) atoms. The van der Waals surface area contributed by atoms with Crippen LogP contribution in [0.1, 0.15) is 36.0 Å². The largest absolute Gasteiger partial charge is 0.457 e. The van der Waals surface area contributed by atoms with Crippen LogP contribution >= 0.6 is 0 Å². The van der Waals surface area contributed by atoms with Gasteiger partial charge in [0.15, 0.2) is 12.4 Å². The fourth-order valence-corrected chi connectivity index (χ4v) is 5.67. The van der Waals surface area contributed by atoms with E-state index < -0.39 is 5.97 Å². The number of hydrogen-bond donors (Lipinski definition) is 0. The number of nitrogens with zero attached hydrogens (tertiary/aromatic N) is 1. The molecule has 0 spiro atoms. The molecule has 4 atom stereocenters. The maximum Gasteiger partial charge on any atom is 0.308 e. The Morgan fingerprint density at radius 3 is 2.06 bits per heavy atom. The molecule has 1 saturated heterocycles. The Balaban J connectivity index is 1.11. The second kappa shape index (κ2) is 8.34. The van der Waals surface area contributed by atoms with Crippen molar-refractivity contribution < 1.29 is 23.9 Å². The van der Waals surface area contributed by atoms with E-state index in [2.05, 4.69) is 0 Å². The zero-order valence-corrected chi connectivity index (χ0v) is 17.7. The van der Waals surface area contributed by atoms with Gasteiger partial charge in [0.25, 0.3) is 0 Å². The number of amides is 2. The maximum atomic E-state index is 12.7. The fraction of sp³-hybridized carbons (Fsp3) is 0.385. The van der Waals surface area contributed by atoms with Crippen molar-refractivity contribution >= 4 is 23.6 Å². The number of ether oxygens (including phenoxy) is 1. The summed E-state index contributed by atoms with van der Waals surface area (Å²) < 4.78 is 5.11. The molecule has 2 aliphatic carbocycles. The summed E-state index contributed by atoms with van der Waals surface area (Å²) in [7, 11) is 0. The molecule has 3 aliphatic rings. The van der Waals surface area contributed by atoms with Gasteiger partial charge in [-0.1, -0.05) is 54.6 Å². The standard InChI is InChI=1S/C26H25NO5/c28-21(18-8-6-17(7-9-18)16-4-2-1-3-5-16)15-32-22(29)12-13-27-25(30)23-19-10-11-20(14-19)24(23)26(27)31/h1-9,19-20,23-24H,10-15H2. The van der Waals surface area contributed by atoms with Crippen LogP contribution in [-0.4, -0.2) is 41.6 Å². The lowest BCUT2D eigenvalue weighted by Crippen LogP contribution is -2.35. The maximum absolute atomic E-state index is 12.7. The molecular weight excluding hydrogens is 406 g/mol. The second-order valence-electron chi connectivity index (χ2n) is 8.99. The molecule has 1 heterocycles. The molecule has 2 aromatic carbocycles. The highest BCUT2D eigenvalue weighted by atomic mass is 16.5. The molecule has 2 amide bonds. The SMILES string of the molecule is O=C(CCN1C(=O)C2C3CCC(C3)C2C1=O)OCC(=O)c1ccc(-c2ccccc2)cc1. The van der Waals surface area contributed by atoms with Gasteiger partial charge >= 0.3 is 5.97 Å². The molecule has 5 rings (SSSR count). The molecule has 2 saturated carbocycles. The number of benzene rings is 2. The van der Waals surface area contributed by atoms with Crippen molar-refractivity contribution in [1.29, 1.82) is 0 Å². The number of carbonyl (C=O) groups is 4. The average molecular weight is 431 g/mol. The summed E-state index contributed by atoms with van der Waals surface area (Å²) >= 11 is 0. The van der Waals surface area contributed by atoms with E-state index in [0.717, 1.165) is 30.4 Å². The van der Waals surface area contributed by atoms with Crippen LogP contribution in [0.25, 0.3) is 11.1 Å². The van der Waals surface area contributed by atoms with Gasteiger partial charge in [-0.3, -0.25) is 24.1 Å². The molecule has 0 radical (unpaired) electrons. The minimum atomic E-state index is -0.583. The van der Waals surface area contributed by atoms with Crippen molar-refractivity contribution in [3.63, 3.8) is 0 Å². The summed E-state index contributed by atoms with van der Waals surface area (Å²) in [6.45, 7) is -0.330. The van der Waals surface area contributed by atoms with Crippen molar-refractivity contribution in [3.05, 3.63) is 60.2 Å². The van der Waals surface area contributed by atoms with Gasteiger partial charge in [-0.05, 0) is 42.2 Å². The fourth-order valence-electron chi connectivity index (χ4n) is 5.67. The molecule has 0 aromatic heterocycles. The summed E-state index contributed by atoms with van der Waals surface area (Å²) in [5.74, 6) is -0.856. The van der Waals surface area contributed by atoms with E-state index in [-0.39, 0.29) is 49.0 Å². The first kappa shape index (κ1) is 20.6. The van der Waals surface area contributed by atoms with Gasteiger partial charge < -0.3 is 4.74 Å². The number of carbonyl (C=O) groups excluding carboxylic acids is 4. The van der Waals surface area contributed by atoms with Crippen LogP contribution in [0.4, 0.5) is 0 Å². The lowest BCUT2D eigenvalue weighted by Gasteiger charge is -2.19. The molecule has 0 N–H and O–H groups in total. The van der Waals surface area contributed by atoms with Crippen LogP contribution in [0.5, 0.6) is 0 Å². The summed E-state index contributed by atoms with van der Waals surface area (Å²) in [4.78, 5) is 51.1. The highest BCUT2D eigenvalue weighted by Gasteiger charge is 2.60. The van der Waals surface area contributed by atoms with Crippen LogP contribution in [0.3, 0.4) is 0 Å². The van der Waals surface area contributed by atoms with Gasteiger partial charge in [-0.2, -0.15) is 0 Å². The number of likely N-dealkylation sites (tertiary alicyclic amines) is 1. The monoisotopic (exact) mass is 431 g/mol. The molecule has 1 aliphatic heterocycles. The second-order valence-corrected chi connectivity index (χ2v) is 8.99. The molecule has 2 aromatic rings. The van der Waals surface area contributed by atoms with E-state index in [1.165, 1.54) is 4.90 Å². The zero-order chi connectivity index (χ0) is 22.2. The number of rotatable bonds is 7. The van der Waals surface area contributed by atoms with Gasteiger partial charge in [0, 0.05) is 12.1 Å². The van der Waals surface area contributed by atoms with Crippen molar-refractivity contribution in [3.8, 4) is 11.1 Å². The normalized spacial score (nSPS) is 25.8. The Bertz CT molecular complexity index is 1030. The highest BCUT2D eigenvalue weighted by Crippen LogP contribution is 2.56. The van der Waals surface area contributed by atoms with Gasteiger partial charge in [0.05, 0.1) is 18.3 Å². The molecule has 6 nitrogen and oxygen atoms in total. The van der Waals surface area contributed by atoms with Crippen LogP contribution in [0.15, 0.2) is 54.6 Å². The van der Waals surface area contributed by atoms with Crippen LogP contribution < -0.4 is 0 Å². The first-order valence-electron chi connectivity index (χ1n) is 11.2. The topological polar surface area (TPSA) is 80.8 Å². The minimum absolute atomic E-state index is 0.0307. The third-order valence-corrected chi connectivity index (χ3v) is 7.24. The number of fused-ring (bicyclic) bond motifs is 5. The Kier molecular flexibility index (Phi) is 5.37. The Morgan fingerprint density at radius 1 is 0.844 bits per heavy atom. The third-order valence-electron chi connectivity index (χ3n) is 7.24. The van der Waals surface area contributed by atoms with E-state index in [1.54, 1.807) is 12.1 Å². The van der Waals surface area contributed by atoms with Crippen molar-refractivity contribution in [2.45, 2.75) is 25.7 Å². The number of ketones is 1. The quantitative estimate of drug-likeness (QED) is 0.381. The van der Waals surface area contributed by atoms with Gasteiger partial charge in [-0.15, -0.1) is 0 Å². The molecule has 3 fully saturated rings. The van der Waals surface area contributed by atoms with Crippen molar-refractivity contribution in [2.75, 3.05) is 13.2 Å². The Labute approximate surface area is 186 Å². The summed E-state index contributed by atoms with van der Waals surface area (Å²) in [6, 6.07) is 17.0. The molecular formula is C26H25NO5. The minimum Gasteiger partial charge on any atom is -0.457 e. The predicted molar refractivity (Wildman–Crippen MR) is 116 cm³/mol. The summed E-state index contributed by atoms with van der Waals surface area (Å²) in [6.07, 6.45) is 2.94. The van der Waals surface area contributed by atoms with Gasteiger partial charge in [-0.25, -0.2) is 0 Å². The number of Topliss-reactive ketones (excluding diaryl/α,β-unsaturated/α-hetero) is 1. The molecule has 2 bridgehead atoms. The smallest absolute Gasteiger partial charge is 0.308 e. The van der Waals surface area contributed by atoms with Crippen molar-refractivity contribution in [2.24, 2.45) is 23.7 Å². The first-order valence-corrected chi connectivity index (χ1v) is 11.2. The molecule has 164 valence electrons. The van der Waals surface area contributed by atoms with Crippen LogP contribution in [0, 0.1) is 23.7 Å². The van der Waals surface area contributed by atoms with Crippen LogP contribution in [0.2, 0.25) is 0 Å². The summed E-state index contributed by atoms with van der Waals surface area (Å²) in [5.41, 5.74) is 2.52. The summed E-state index contributed by atoms with van der Waals surface area (Å²) in [5, 5.41) is 0. The van der Waals surface area contributed by atoms with E-state index in [4.69, 9.17) is 4.74 Å². The third kappa shape index (κ3) is 3.64. The first-order chi connectivity index (χ1) is 15.5. The number of imide groups is 1. The number of hydrogen-bond acceptors (Lipinski definition) is 5. The lowest BCUT2D eigenvalue weighted by molar-refractivity contribution is -0.145. The average Bonchev–Trinajstić information content (AvgIpc) is 3.51. The number of esters is 1. The molecule has 6 heteroatoms. The van der Waals surface area contributed by atoms with Gasteiger partial charge in [0.2, 0.25) is 11.8 Å². The molecule has 4 unspecified atom stereocenters. The Morgan fingerprint density at radius 2 is 1.44 bits per heavy atom. The van der Waals surface area contributed by atoms with Crippen molar-refractivity contribution in [1.82, 2.24) is 4.90 Å². The van der Waals surface area contributed by atoms with E-state index in [9.17, 15) is 19.2 Å². The highest BCUT2D eigenvalue weighted by molar-refractivity contribution is 6.06.